The first-order valence-electron chi connectivity index (χ1n) is 9.41. The summed E-state index contributed by atoms with van der Waals surface area (Å²) in [6.07, 6.45) is 0. The van der Waals surface area contributed by atoms with Gasteiger partial charge in [-0.1, -0.05) is 18.2 Å². The molecule has 156 valence electrons. The number of esters is 1. The summed E-state index contributed by atoms with van der Waals surface area (Å²) in [7, 11) is 0. The van der Waals surface area contributed by atoms with Gasteiger partial charge in [-0.3, -0.25) is 10.1 Å². The Hall–Kier alpha value is -4.24. The molecule has 0 aliphatic rings. The van der Waals surface area contributed by atoms with E-state index in [-0.39, 0.29) is 5.75 Å². The predicted octanol–water partition coefficient (Wildman–Crippen LogP) is 5.78. The van der Waals surface area contributed by atoms with Crippen LogP contribution in [-0.2, 0) is 0 Å². The van der Waals surface area contributed by atoms with Gasteiger partial charge in [0.15, 0.2) is 0 Å². The SMILES string of the molecule is O=C(Oc1ccc2nc(-c3nc4ccccc4s3)ccc2c1)c1cc([N+](=O)[O-])ccc1F. The number of nitro groups is 1. The number of rotatable bonds is 4. The summed E-state index contributed by atoms with van der Waals surface area (Å²) < 4.78 is 20.3. The average molecular weight is 445 g/mol. The molecule has 0 atom stereocenters. The van der Waals surface area contributed by atoms with Gasteiger partial charge < -0.3 is 4.74 Å². The van der Waals surface area contributed by atoms with Crippen molar-refractivity contribution in [3.8, 4) is 16.5 Å². The number of carbonyl (C=O) groups is 1. The molecule has 0 unspecified atom stereocenters. The van der Waals surface area contributed by atoms with Crippen LogP contribution >= 0.6 is 11.3 Å². The maximum Gasteiger partial charge on any atom is 0.346 e. The fourth-order valence-electron chi connectivity index (χ4n) is 3.21. The molecular formula is C23H12FN3O4S. The number of halogens is 1. The van der Waals surface area contributed by atoms with Crippen LogP contribution in [0.3, 0.4) is 0 Å². The fraction of sp³-hybridized carbons (Fsp3) is 0. The Bertz CT molecular complexity index is 1500. The number of nitrogens with zero attached hydrogens (tertiary/aromatic N) is 3. The number of ether oxygens (including phenoxy) is 1. The lowest BCUT2D eigenvalue weighted by Crippen LogP contribution is -2.11. The first-order valence-corrected chi connectivity index (χ1v) is 10.2. The standard InChI is InChI=1S/C23H12FN3O4S/c24-17-8-6-14(27(29)30)12-16(17)23(28)31-15-7-10-18-13(11-15)5-9-20(25-18)22-26-19-3-1-2-4-21(19)32-22/h1-12H. The van der Waals surface area contributed by atoms with E-state index in [1.54, 1.807) is 23.5 Å². The highest BCUT2D eigenvalue weighted by molar-refractivity contribution is 7.21. The number of carbonyl (C=O) groups excluding carboxylic acids is 1. The molecule has 5 rings (SSSR count). The molecule has 0 saturated carbocycles. The lowest BCUT2D eigenvalue weighted by Gasteiger charge is -2.07. The molecule has 3 aromatic carbocycles. The molecule has 0 bridgehead atoms. The Morgan fingerprint density at radius 2 is 1.81 bits per heavy atom. The third kappa shape index (κ3) is 3.65. The molecular weight excluding hydrogens is 433 g/mol. The number of hydrogen-bond acceptors (Lipinski definition) is 7. The van der Waals surface area contributed by atoms with E-state index in [0.717, 1.165) is 39.1 Å². The van der Waals surface area contributed by atoms with E-state index in [1.165, 1.54) is 6.07 Å². The minimum absolute atomic E-state index is 0.169. The summed E-state index contributed by atoms with van der Waals surface area (Å²) in [6, 6.07) is 19.0. The molecule has 5 aromatic rings. The van der Waals surface area contributed by atoms with E-state index in [4.69, 9.17) is 4.74 Å². The van der Waals surface area contributed by atoms with Gasteiger partial charge in [-0.2, -0.15) is 0 Å². The molecule has 0 N–H and O–H groups in total. The summed E-state index contributed by atoms with van der Waals surface area (Å²) in [6.45, 7) is 0. The van der Waals surface area contributed by atoms with Gasteiger partial charge in [-0.05, 0) is 42.5 Å². The van der Waals surface area contributed by atoms with Gasteiger partial charge in [0, 0.05) is 17.5 Å². The Labute approximate surface area is 183 Å². The molecule has 0 fully saturated rings. The maximum atomic E-state index is 14.0. The van der Waals surface area contributed by atoms with E-state index < -0.39 is 28.0 Å². The van der Waals surface area contributed by atoms with E-state index in [9.17, 15) is 19.3 Å². The molecule has 0 aliphatic heterocycles. The predicted molar refractivity (Wildman–Crippen MR) is 118 cm³/mol. The van der Waals surface area contributed by atoms with Crippen LogP contribution < -0.4 is 4.74 Å². The Morgan fingerprint density at radius 1 is 0.969 bits per heavy atom. The van der Waals surface area contributed by atoms with E-state index in [1.807, 2.05) is 36.4 Å². The highest BCUT2D eigenvalue weighted by Crippen LogP contribution is 2.31. The zero-order valence-electron chi connectivity index (χ0n) is 16.2. The van der Waals surface area contributed by atoms with Crippen LogP contribution in [0.5, 0.6) is 5.75 Å². The van der Waals surface area contributed by atoms with E-state index in [0.29, 0.717) is 10.9 Å². The second-order valence-corrected chi connectivity index (χ2v) is 7.88. The Morgan fingerprint density at radius 3 is 2.62 bits per heavy atom. The first kappa shape index (κ1) is 19.7. The smallest absolute Gasteiger partial charge is 0.346 e. The summed E-state index contributed by atoms with van der Waals surface area (Å²) in [5, 5.41) is 12.4. The van der Waals surface area contributed by atoms with Gasteiger partial charge in [-0.25, -0.2) is 19.2 Å². The van der Waals surface area contributed by atoms with Gasteiger partial charge in [0.1, 0.15) is 22.1 Å². The highest BCUT2D eigenvalue weighted by Gasteiger charge is 2.19. The van der Waals surface area contributed by atoms with Gasteiger partial charge >= 0.3 is 5.97 Å². The second kappa shape index (κ2) is 7.78. The zero-order valence-corrected chi connectivity index (χ0v) is 17.0. The van der Waals surface area contributed by atoms with E-state index in [2.05, 4.69) is 9.97 Å². The summed E-state index contributed by atoms with van der Waals surface area (Å²) in [4.78, 5) is 31.8. The largest absolute Gasteiger partial charge is 0.423 e. The number of fused-ring (bicyclic) bond motifs is 2. The minimum Gasteiger partial charge on any atom is -0.423 e. The number of nitro benzene ring substituents is 1. The van der Waals surface area contributed by atoms with Crippen LogP contribution in [0.4, 0.5) is 10.1 Å². The lowest BCUT2D eigenvalue weighted by molar-refractivity contribution is -0.384. The van der Waals surface area contributed by atoms with Gasteiger partial charge in [0.2, 0.25) is 0 Å². The van der Waals surface area contributed by atoms with E-state index >= 15 is 0 Å². The van der Waals surface area contributed by atoms with Gasteiger partial charge in [0.25, 0.3) is 5.69 Å². The molecule has 0 spiro atoms. The van der Waals surface area contributed by atoms with Crippen LogP contribution in [0.25, 0.3) is 31.8 Å². The van der Waals surface area contributed by atoms with Crippen molar-refractivity contribution in [2.75, 3.05) is 0 Å². The fourth-order valence-corrected chi connectivity index (χ4v) is 4.15. The molecule has 7 nitrogen and oxygen atoms in total. The maximum absolute atomic E-state index is 14.0. The lowest BCUT2D eigenvalue weighted by atomic mass is 10.1. The number of para-hydroxylation sites is 1. The summed E-state index contributed by atoms with van der Waals surface area (Å²) in [5.41, 5.74) is 1.39. The number of hydrogen-bond donors (Lipinski definition) is 0. The minimum atomic E-state index is -1.02. The zero-order chi connectivity index (χ0) is 22.2. The molecule has 2 heterocycles. The van der Waals surface area contributed by atoms with Gasteiger partial charge in [0.05, 0.1) is 26.4 Å². The van der Waals surface area contributed by atoms with Crippen LogP contribution in [-0.4, -0.2) is 20.9 Å². The average Bonchev–Trinajstić information content (AvgIpc) is 3.23. The third-order valence-electron chi connectivity index (χ3n) is 4.76. The van der Waals surface area contributed by atoms with Crippen molar-refractivity contribution in [2.45, 2.75) is 0 Å². The van der Waals surface area contributed by atoms with Crippen molar-refractivity contribution in [2.24, 2.45) is 0 Å². The molecule has 0 aliphatic carbocycles. The van der Waals surface area contributed by atoms with Crippen molar-refractivity contribution in [3.05, 3.63) is 94.3 Å². The second-order valence-electron chi connectivity index (χ2n) is 6.85. The molecule has 0 amide bonds. The van der Waals surface area contributed by atoms with Crippen molar-refractivity contribution in [1.29, 1.82) is 0 Å². The highest BCUT2D eigenvalue weighted by atomic mass is 32.1. The van der Waals surface area contributed by atoms with Crippen molar-refractivity contribution < 1.29 is 18.8 Å². The number of non-ortho nitro benzene ring substituents is 1. The molecule has 32 heavy (non-hydrogen) atoms. The Balaban J connectivity index is 1.43. The number of benzene rings is 3. The normalized spacial score (nSPS) is 11.0. The van der Waals surface area contributed by atoms with Crippen molar-refractivity contribution in [3.63, 3.8) is 0 Å². The number of pyridine rings is 1. The topological polar surface area (TPSA) is 95.2 Å². The first-order chi connectivity index (χ1) is 15.5. The van der Waals surface area contributed by atoms with Crippen molar-refractivity contribution >= 4 is 44.1 Å². The van der Waals surface area contributed by atoms with Gasteiger partial charge in [-0.15, -0.1) is 11.3 Å². The van der Waals surface area contributed by atoms with Crippen LogP contribution in [0.15, 0.2) is 72.8 Å². The Kier molecular flexibility index (Phi) is 4.79. The molecule has 0 radical (unpaired) electrons. The number of aromatic nitrogens is 2. The van der Waals surface area contributed by atoms with Crippen molar-refractivity contribution in [1.82, 2.24) is 9.97 Å². The summed E-state index contributed by atoms with van der Waals surface area (Å²) >= 11 is 1.55. The third-order valence-corrected chi connectivity index (χ3v) is 5.82. The van der Waals surface area contributed by atoms with Crippen LogP contribution in [0, 0.1) is 15.9 Å². The monoisotopic (exact) mass is 445 g/mol. The van der Waals surface area contributed by atoms with Crippen LogP contribution in [0.1, 0.15) is 10.4 Å². The molecule has 9 heteroatoms. The molecule has 0 saturated heterocycles. The van der Waals surface area contributed by atoms with Crippen LogP contribution in [0.2, 0.25) is 0 Å². The summed E-state index contributed by atoms with van der Waals surface area (Å²) in [5.74, 6) is -1.75. The quantitative estimate of drug-likeness (QED) is 0.151. The number of thiazole rings is 1. The molecule has 2 aromatic heterocycles.